The molecular weight excluding hydrogens is 281 g/mol. The van der Waals surface area contributed by atoms with E-state index in [1.54, 1.807) is 0 Å². The fourth-order valence-electron chi connectivity index (χ4n) is 2.68. The summed E-state index contributed by atoms with van der Waals surface area (Å²) < 4.78 is 13.2. The van der Waals surface area contributed by atoms with Crippen molar-refractivity contribution in [3.63, 3.8) is 0 Å². The monoisotopic (exact) mass is 307 g/mol. The van der Waals surface area contributed by atoms with Crippen molar-refractivity contribution in [2.24, 2.45) is 5.92 Å². The van der Waals surface area contributed by atoms with Gasteiger partial charge in [-0.2, -0.15) is 0 Å². The predicted octanol–water partition coefficient (Wildman–Crippen LogP) is 1.89. The summed E-state index contributed by atoms with van der Waals surface area (Å²) in [5, 5.41) is 3.02. The third kappa shape index (κ3) is 4.52. The van der Waals surface area contributed by atoms with Crippen molar-refractivity contribution in [2.45, 2.75) is 19.9 Å². The van der Waals surface area contributed by atoms with Crippen molar-refractivity contribution in [1.29, 1.82) is 0 Å². The molecule has 0 bridgehead atoms. The van der Waals surface area contributed by atoms with Gasteiger partial charge >= 0.3 is 0 Å². The molecule has 1 aromatic carbocycles. The smallest absolute Gasteiger partial charge is 0.222 e. The van der Waals surface area contributed by atoms with Crippen molar-refractivity contribution in [3.05, 3.63) is 35.6 Å². The summed E-state index contributed by atoms with van der Waals surface area (Å²) in [5.74, 6) is -0.199. The van der Waals surface area contributed by atoms with Gasteiger partial charge in [-0.05, 0) is 24.7 Å². The van der Waals surface area contributed by atoms with Crippen molar-refractivity contribution in [3.8, 4) is 0 Å². The van der Waals surface area contributed by atoms with E-state index in [0.29, 0.717) is 6.54 Å². The van der Waals surface area contributed by atoms with Gasteiger partial charge in [0.25, 0.3) is 0 Å². The number of rotatable bonds is 5. The molecule has 1 atom stereocenters. The minimum absolute atomic E-state index is 0.0265. The lowest BCUT2D eigenvalue weighted by molar-refractivity contribution is -0.124. The van der Waals surface area contributed by atoms with Gasteiger partial charge in [-0.3, -0.25) is 9.69 Å². The maximum Gasteiger partial charge on any atom is 0.222 e. The van der Waals surface area contributed by atoms with E-state index in [2.05, 4.69) is 22.2 Å². The predicted molar refractivity (Wildman–Crippen MR) is 86.1 cm³/mol. The zero-order valence-electron chi connectivity index (χ0n) is 13.7. The van der Waals surface area contributed by atoms with Crippen molar-refractivity contribution >= 4 is 5.91 Å². The molecule has 0 saturated carbocycles. The molecule has 122 valence electrons. The molecule has 0 aliphatic carbocycles. The summed E-state index contributed by atoms with van der Waals surface area (Å²) in [5.41, 5.74) is 1.05. The maximum absolute atomic E-state index is 13.2. The number of nitrogens with zero attached hydrogens (tertiary/aromatic N) is 2. The van der Waals surface area contributed by atoms with Crippen LogP contribution >= 0.6 is 0 Å². The van der Waals surface area contributed by atoms with Gasteiger partial charge in [0, 0.05) is 38.6 Å². The van der Waals surface area contributed by atoms with E-state index in [1.807, 2.05) is 26.0 Å². The molecule has 1 aliphatic rings. The van der Waals surface area contributed by atoms with Crippen molar-refractivity contribution in [1.82, 2.24) is 15.1 Å². The molecule has 1 heterocycles. The Kier molecular flexibility index (Phi) is 5.91. The number of amides is 1. The molecule has 1 amide bonds. The lowest BCUT2D eigenvalue weighted by Gasteiger charge is -2.38. The van der Waals surface area contributed by atoms with Crippen LogP contribution in [0, 0.1) is 11.7 Å². The van der Waals surface area contributed by atoms with Crippen LogP contribution in [0.25, 0.3) is 0 Å². The highest BCUT2D eigenvalue weighted by Gasteiger charge is 2.24. The summed E-state index contributed by atoms with van der Waals surface area (Å²) in [4.78, 5) is 16.5. The van der Waals surface area contributed by atoms with Crippen LogP contribution < -0.4 is 5.32 Å². The second kappa shape index (κ2) is 7.70. The highest BCUT2D eigenvalue weighted by atomic mass is 19.1. The van der Waals surface area contributed by atoms with Crippen LogP contribution in [0.1, 0.15) is 25.5 Å². The molecule has 0 spiro atoms. The summed E-state index contributed by atoms with van der Waals surface area (Å²) >= 11 is 0. The number of hydrogen-bond acceptors (Lipinski definition) is 3. The molecular formula is C17H26FN3O. The lowest BCUT2D eigenvalue weighted by Crippen LogP contribution is -2.48. The first kappa shape index (κ1) is 16.9. The first-order chi connectivity index (χ1) is 10.5. The van der Waals surface area contributed by atoms with Gasteiger partial charge in [-0.15, -0.1) is 0 Å². The molecule has 5 heteroatoms. The van der Waals surface area contributed by atoms with Crippen LogP contribution in [-0.2, 0) is 4.79 Å². The number of carbonyl (C=O) groups is 1. The number of carbonyl (C=O) groups excluding carboxylic acids is 1. The summed E-state index contributed by atoms with van der Waals surface area (Å²) in [6.07, 6.45) is 0. The quantitative estimate of drug-likeness (QED) is 0.902. The van der Waals surface area contributed by atoms with Crippen LogP contribution in [0.3, 0.4) is 0 Å². The fraction of sp³-hybridized carbons (Fsp3) is 0.588. The van der Waals surface area contributed by atoms with Gasteiger partial charge < -0.3 is 10.2 Å². The number of benzene rings is 1. The zero-order valence-corrected chi connectivity index (χ0v) is 13.7. The van der Waals surface area contributed by atoms with Gasteiger partial charge in [0.15, 0.2) is 0 Å². The normalized spacial score (nSPS) is 18.4. The van der Waals surface area contributed by atoms with Gasteiger partial charge in [-0.25, -0.2) is 4.39 Å². The first-order valence-electron chi connectivity index (χ1n) is 7.93. The van der Waals surface area contributed by atoms with E-state index in [4.69, 9.17) is 0 Å². The fourth-order valence-corrected chi connectivity index (χ4v) is 2.68. The number of piperazine rings is 1. The number of halogens is 1. The molecule has 4 nitrogen and oxygen atoms in total. The second-order valence-corrected chi connectivity index (χ2v) is 6.31. The summed E-state index contributed by atoms with van der Waals surface area (Å²) in [7, 11) is 2.12. The molecule has 2 rings (SSSR count). The van der Waals surface area contributed by atoms with E-state index in [1.165, 1.54) is 12.1 Å². The maximum atomic E-state index is 13.2. The average molecular weight is 307 g/mol. The van der Waals surface area contributed by atoms with Gasteiger partial charge in [-0.1, -0.05) is 26.0 Å². The van der Waals surface area contributed by atoms with Gasteiger partial charge in [0.1, 0.15) is 5.82 Å². The number of nitrogens with one attached hydrogen (secondary N) is 1. The SMILES string of the molecule is CC(C)C(=O)NC[C@H](c1ccc(F)cc1)N1CCN(C)CC1. The first-order valence-corrected chi connectivity index (χ1v) is 7.93. The molecule has 1 fully saturated rings. The van der Waals surface area contributed by atoms with Crippen LogP contribution in [0.5, 0.6) is 0 Å². The Balaban J connectivity index is 2.09. The highest BCUT2D eigenvalue weighted by molar-refractivity contribution is 5.77. The van der Waals surface area contributed by atoms with Crippen LogP contribution in [0.15, 0.2) is 24.3 Å². The minimum atomic E-state index is -0.230. The van der Waals surface area contributed by atoms with E-state index >= 15 is 0 Å². The third-order valence-corrected chi connectivity index (χ3v) is 4.23. The Morgan fingerprint density at radius 3 is 2.32 bits per heavy atom. The van der Waals surface area contributed by atoms with Crippen molar-refractivity contribution in [2.75, 3.05) is 39.8 Å². The van der Waals surface area contributed by atoms with Gasteiger partial charge in [0.05, 0.1) is 6.04 Å². The molecule has 1 aromatic rings. The van der Waals surface area contributed by atoms with Crippen molar-refractivity contribution < 1.29 is 9.18 Å². The Hall–Kier alpha value is -1.46. The molecule has 1 saturated heterocycles. The minimum Gasteiger partial charge on any atom is -0.354 e. The Labute approximate surface area is 132 Å². The Morgan fingerprint density at radius 2 is 1.77 bits per heavy atom. The van der Waals surface area contributed by atoms with E-state index < -0.39 is 0 Å². The lowest BCUT2D eigenvalue weighted by atomic mass is 10.0. The number of likely N-dealkylation sites (N-methyl/N-ethyl adjacent to an activating group) is 1. The van der Waals surface area contributed by atoms with Crippen LogP contribution in [-0.4, -0.2) is 55.5 Å². The van der Waals surface area contributed by atoms with Crippen LogP contribution in [0.4, 0.5) is 4.39 Å². The largest absolute Gasteiger partial charge is 0.354 e. The van der Waals surface area contributed by atoms with Crippen LogP contribution in [0.2, 0.25) is 0 Å². The Bertz CT molecular complexity index is 481. The number of hydrogen-bond donors (Lipinski definition) is 1. The summed E-state index contributed by atoms with van der Waals surface area (Å²) in [6.45, 7) is 8.26. The molecule has 0 unspecified atom stereocenters. The van der Waals surface area contributed by atoms with E-state index in [9.17, 15) is 9.18 Å². The topological polar surface area (TPSA) is 35.6 Å². The molecule has 1 N–H and O–H groups in total. The summed E-state index contributed by atoms with van der Waals surface area (Å²) in [6, 6.07) is 6.71. The molecule has 1 aliphatic heterocycles. The third-order valence-electron chi connectivity index (χ3n) is 4.23. The standard InChI is InChI=1S/C17H26FN3O/c1-13(2)17(22)19-12-16(14-4-6-15(18)7-5-14)21-10-8-20(3)9-11-21/h4-7,13,16H,8-12H2,1-3H3,(H,19,22)/t16-/m1/s1. The zero-order chi connectivity index (χ0) is 16.1. The average Bonchev–Trinajstić information content (AvgIpc) is 2.50. The Morgan fingerprint density at radius 1 is 1.18 bits per heavy atom. The second-order valence-electron chi connectivity index (χ2n) is 6.31. The van der Waals surface area contributed by atoms with E-state index in [0.717, 1.165) is 31.7 Å². The highest BCUT2D eigenvalue weighted by Crippen LogP contribution is 2.22. The molecule has 0 aromatic heterocycles. The molecule has 0 radical (unpaired) electrons. The molecule has 22 heavy (non-hydrogen) atoms. The van der Waals surface area contributed by atoms with E-state index in [-0.39, 0.29) is 23.7 Å². The van der Waals surface area contributed by atoms with Gasteiger partial charge in [0.2, 0.25) is 5.91 Å².